The molecular formula is C17H13BrF2IN3O. The average molecular weight is 520 g/mol. The lowest BCUT2D eigenvalue weighted by molar-refractivity contribution is 0.507. The Labute approximate surface area is 164 Å². The summed E-state index contributed by atoms with van der Waals surface area (Å²) in [7, 11) is 1.55. The molecule has 0 bridgehead atoms. The maximum absolute atomic E-state index is 14.7. The van der Waals surface area contributed by atoms with Crippen LogP contribution in [0, 0.1) is 22.1 Å². The summed E-state index contributed by atoms with van der Waals surface area (Å²) >= 11 is 5.18. The predicted octanol–water partition coefficient (Wildman–Crippen LogP) is 5.08. The number of anilines is 2. The molecule has 0 atom stereocenters. The van der Waals surface area contributed by atoms with Gasteiger partial charge in [0.2, 0.25) is 0 Å². The molecule has 0 unspecified atom stereocenters. The van der Waals surface area contributed by atoms with Crippen molar-refractivity contribution in [2.75, 3.05) is 5.32 Å². The molecule has 2 aromatic carbocycles. The monoisotopic (exact) mass is 519 g/mol. The van der Waals surface area contributed by atoms with Gasteiger partial charge >= 0.3 is 0 Å². The summed E-state index contributed by atoms with van der Waals surface area (Å²) in [5.74, 6) is -2.06. The maximum Gasteiger partial charge on any atom is 0.274 e. The second-order valence-electron chi connectivity index (χ2n) is 5.54. The third kappa shape index (κ3) is 3.37. The topological polar surface area (TPSA) is 49.8 Å². The molecule has 3 rings (SSSR count). The van der Waals surface area contributed by atoms with Crippen molar-refractivity contribution in [2.24, 2.45) is 7.05 Å². The summed E-state index contributed by atoms with van der Waals surface area (Å²) in [5, 5.41) is 5.68. The normalized spacial score (nSPS) is 11.0. The van der Waals surface area contributed by atoms with Crippen molar-refractivity contribution in [1.29, 1.82) is 0 Å². The molecule has 1 heterocycles. The number of aryl methyl sites for hydroxylation is 2. The molecule has 8 heteroatoms. The Morgan fingerprint density at radius 2 is 1.92 bits per heavy atom. The molecule has 0 spiro atoms. The zero-order valence-electron chi connectivity index (χ0n) is 13.3. The zero-order valence-corrected chi connectivity index (χ0v) is 17.0. The van der Waals surface area contributed by atoms with Gasteiger partial charge in [0.15, 0.2) is 11.6 Å². The van der Waals surface area contributed by atoms with Crippen molar-refractivity contribution in [3.05, 3.63) is 66.1 Å². The van der Waals surface area contributed by atoms with E-state index in [1.807, 2.05) is 19.1 Å². The number of aromatic amines is 1. The second-order valence-corrected chi connectivity index (χ2v) is 7.64. The van der Waals surface area contributed by atoms with Gasteiger partial charge in [-0.2, -0.15) is 0 Å². The van der Waals surface area contributed by atoms with Gasteiger partial charge in [-0.25, -0.2) is 8.78 Å². The summed E-state index contributed by atoms with van der Waals surface area (Å²) in [6.45, 7) is 1.87. The van der Waals surface area contributed by atoms with Crippen LogP contribution in [0.1, 0.15) is 5.56 Å². The van der Waals surface area contributed by atoms with Gasteiger partial charge in [-0.1, -0.05) is 0 Å². The summed E-state index contributed by atoms with van der Waals surface area (Å²) in [5.41, 5.74) is 1.61. The molecular weight excluding hydrogens is 507 g/mol. The average Bonchev–Trinajstić information content (AvgIpc) is 2.89. The quantitative estimate of drug-likeness (QED) is 0.374. The van der Waals surface area contributed by atoms with Crippen molar-refractivity contribution in [2.45, 2.75) is 6.92 Å². The molecule has 0 aliphatic carbocycles. The van der Waals surface area contributed by atoms with Crippen LogP contribution in [-0.4, -0.2) is 9.78 Å². The third-order valence-corrected chi connectivity index (χ3v) is 5.09. The number of nitrogens with one attached hydrogen (secondary N) is 2. The highest BCUT2D eigenvalue weighted by Gasteiger charge is 2.21. The number of benzene rings is 2. The van der Waals surface area contributed by atoms with Gasteiger partial charge in [0.05, 0.1) is 15.7 Å². The van der Waals surface area contributed by atoms with Crippen LogP contribution < -0.4 is 10.9 Å². The lowest BCUT2D eigenvalue weighted by Crippen LogP contribution is -2.14. The van der Waals surface area contributed by atoms with Gasteiger partial charge in [0.25, 0.3) is 5.56 Å². The van der Waals surface area contributed by atoms with Crippen LogP contribution in [0.25, 0.3) is 11.1 Å². The number of halogens is 4. The van der Waals surface area contributed by atoms with Gasteiger partial charge < -0.3 is 10.4 Å². The Hall–Kier alpha value is -1.68. The van der Waals surface area contributed by atoms with E-state index < -0.39 is 11.6 Å². The molecule has 0 fully saturated rings. The zero-order chi connectivity index (χ0) is 18.3. The summed E-state index contributed by atoms with van der Waals surface area (Å²) in [4.78, 5) is 12.3. The first-order valence-electron chi connectivity index (χ1n) is 7.25. The van der Waals surface area contributed by atoms with Crippen LogP contribution >= 0.6 is 38.5 Å². The summed E-state index contributed by atoms with van der Waals surface area (Å²) < 4.78 is 31.0. The number of H-pyrrole nitrogens is 1. The van der Waals surface area contributed by atoms with Gasteiger partial charge in [0.1, 0.15) is 0 Å². The van der Waals surface area contributed by atoms with Crippen LogP contribution in [0.5, 0.6) is 0 Å². The molecule has 0 saturated carbocycles. The molecule has 4 nitrogen and oxygen atoms in total. The van der Waals surface area contributed by atoms with Crippen LogP contribution in [0.2, 0.25) is 0 Å². The second kappa shape index (κ2) is 6.91. The van der Waals surface area contributed by atoms with E-state index >= 15 is 0 Å². The van der Waals surface area contributed by atoms with Crippen molar-refractivity contribution in [3.63, 3.8) is 0 Å². The summed E-state index contributed by atoms with van der Waals surface area (Å²) in [6.07, 6.45) is 1.47. The highest BCUT2D eigenvalue weighted by Crippen LogP contribution is 2.37. The van der Waals surface area contributed by atoms with Gasteiger partial charge in [-0.05, 0) is 75.3 Å². The predicted molar refractivity (Wildman–Crippen MR) is 106 cm³/mol. The molecule has 2 N–H and O–H groups in total. The fourth-order valence-electron chi connectivity index (χ4n) is 2.49. The molecule has 0 aliphatic rings. The van der Waals surface area contributed by atoms with Gasteiger partial charge in [0, 0.05) is 28.1 Å². The number of hydrogen-bond donors (Lipinski definition) is 2. The van der Waals surface area contributed by atoms with E-state index in [2.05, 4.69) is 48.9 Å². The lowest BCUT2D eigenvalue weighted by Gasteiger charge is -2.15. The Morgan fingerprint density at radius 3 is 2.52 bits per heavy atom. The van der Waals surface area contributed by atoms with E-state index in [0.29, 0.717) is 5.69 Å². The summed E-state index contributed by atoms with van der Waals surface area (Å²) in [6, 6.07) is 6.96. The molecule has 0 aliphatic heterocycles. The van der Waals surface area contributed by atoms with E-state index in [0.717, 1.165) is 9.13 Å². The lowest BCUT2D eigenvalue weighted by atomic mass is 10.1. The van der Waals surface area contributed by atoms with Crippen molar-refractivity contribution < 1.29 is 8.78 Å². The standard InChI is InChI=1S/C17H13BrF2IN3O/c1-8-5-9(21)3-4-13(8)23-16-10(6-12(18)14(19)15(16)20)11-7-22-24(2)17(11)25/h3-7,22-23H,1-2H3. The van der Waals surface area contributed by atoms with Crippen LogP contribution in [0.4, 0.5) is 20.2 Å². The van der Waals surface area contributed by atoms with E-state index in [1.165, 1.54) is 16.9 Å². The first-order chi connectivity index (χ1) is 11.8. The first-order valence-corrected chi connectivity index (χ1v) is 9.12. The molecule has 3 aromatic rings. The molecule has 0 saturated heterocycles. The Bertz CT molecular complexity index is 1030. The smallest absolute Gasteiger partial charge is 0.274 e. The number of nitrogens with zero attached hydrogens (tertiary/aromatic N) is 1. The fourth-order valence-corrected chi connectivity index (χ4v) is 3.54. The van der Waals surface area contributed by atoms with Crippen LogP contribution in [-0.2, 0) is 7.05 Å². The fraction of sp³-hybridized carbons (Fsp3) is 0.118. The molecule has 0 amide bonds. The van der Waals surface area contributed by atoms with Crippen molar-refractivity contribution >= 4 is 49.9 Å². The van der Waals surface area contributed by atoms with E-state index in [9.17, 15) is 13.6 Å². The minimum absolute atomic E-state index is 0.0480. The van der Waals surface area contributed by atoms with Gasteiger partial charge in [-0.15, -0.1) is 0 Å². The Kier molecular flexibility index (Phi) is 5.01. The molecule has 130 valence electrons. The number of hydrogen-bond acceptors (Lipinski definition) is 2. The number of aromatic nitrogens is 2. The van der Waals surface area contributed by atoms with Crippen molar-refractivity contribution in [3.8, 4) is 11.1 Å². The van der Waals surface area contributed by atoms with E-state index in [-0.39, 0.29) is 26.8 Å². The first kappa shape index (κ1) is 18.1. The molecule has 25 heavy (non-hydrogen) atoms. The molecule has 1 aromatic heterocycles. The molecule has 0 radical (unpaired) electrons. The maximum atomic E-state index is 14.7. The van der Waals surface area contributed by atoms with Crippen LogP contribution in [0.3, 0.4) is 0 Å². The minimum atomic E-state index is -1.05. The highest BCUT2D eigenvalue weighted by atomic mass is 127. The van der Waals surface area contributed by atoms with Crippen LogP contribution in [0.15, 0.2) is 39.7 Å². The Balaban J connectivity index is 2.22. The van der Waals surface area contributed by atoms with E-state index in [1.54, 1.807) is 13.1 Å². The minimum Gasteiger partial charge on any atom is -0.352 e. The number of rotatable bonds is 3. The van der Waals surface area contributed by atoms with Gasteiger partial charge in [-0.3, -0.25) is 9.48 Å². The third-order valence-electron chi connectivity index (χ3n) is 3.84. The largest absolute Gasteiger partial charge is 0.352 e. The SMILES string of the molecule is Cc1cc(I)ccc1Nc1c(-c2c[nH]n(C)c2=O)cc(Br)c(F)c1F. The van der Waals surface area contributed by atoms with Crippen molar-refractivity contribution in [1.82, 2.24) is 9.78 Å². The Morgan fingerprint density at radius 1 is 1.20 bits per heavy atom. The highest BCUT2D eigenvalue weighted by molar-refractivity contribution is 14.1. The van der Waals surface area contributed by atoms with E-state index in [4.69, 9.17) is 0 Å².